The summed E-state index contributed by atoms with van der Waals surface area (Å²) in [4.78, 5) is 10.2. The maximum absolute atomic E-state index is 10.7. The van der Waals surface area contributed by atoms with E-state index >= 15 is 0 Å². The molecule has 0 saturated heterocycles. The lowest BCUT2D eigenvalue weighted by Crippen LogP contribution is -2.09. The number of benzene rings is 1. The van der Waals surface area contributed by atoms with Crippen molar-refractivity contribution in [3.8, 4) is 0 Å². The third-order valence-corrected chi connectivity index (χ3v) is 2.56. The van der Waals surface area contributed by atoms with Crippen LogP contribution in [0.3, 0.4) is 0 Å². The minimum atomic E-state index is -0.478. The molecule has 0 aliphatic carbocycles. The topological polar surface area (TPSA) is 78.4 Å². The molecule has 5 heteroatoms. The Morgan fingerprint density at radius 3 is 2.61 bits per heavy atom. The van der Waals surface area contributed by atoms with Crippen molar-refractivity contribution in [2.24, 2.45) is 5.41 Å². The van der Waals surface area contributed by atoms with Gasteiger partial charge in [0.2, 0.25) is 0 Å². The first-order chi connectivity index (χ1) is 8.29. The van der Waals surface area contributed by atoms with Crippen LogP contribution in [0.25, 0.3) is 0 Å². The molecule has 1 aromatic rings. The van der Waals surface area contributed by atoms with Gasteiger partial charge >= 0.3 is 0 Å². The van der Waals surface area contributed by atoms with Crippen LogP contribution >= 0.6 is 0 Å². The quantitative estimate of drug-likeness (QED) is 0.378. The molecular formula is C13H20N2O3. The highest BCUT2D eigenvalue weighted by Gasteiger charge is 2.12. The van der Waals surface area contributed by atoms with E-state index < -0.39 is 4.92 Å². The Morgan fingerprint density at radius 1 is 1.39 bits per heavy atom. The van der Waals surface area contributed by atoms with Gasteiger partial charge in [0, 0.05) is 12.7 Å². The van der Waals surface area contributed by atoms with Crippen LogP contribution in [-0.4, -0.2) is 11.5 Å². The number of nitro benzene ring substituents is 1. The van der Waals surface area contributed by atoms with Crippen molar-refractivity contribution in [3.05, 3.63) is 33.9 Å². The number of nitrogen functional groups attached to an aromatic ring is 1. The minimum Gasteiger partial charge on any atom is -0.393 e. The second kappa shape index (κ2) is 5.82. The highest BCUT2D eigenvalue weighted by atomic mass is 16.6. The lowest BCUT2D eigenvalue weighted by atomic mass is 9.93. The number of hydrogen-bond donors (Lipinski definition) is 1. The standard InChI is InChI=1S/C13H20N2O3/c1-13(2,3)6-7-18-9-10-4-5-11(14)12(8-10)15(16)17/h4-5,8H,6-7,9,14H2,1-3H3. The Bertz CT molecular complexity index is 425. The molecule has 0 aliphatic rings. The highest BCUT2D eigenvalue weighted by Crippen LogP contribution is 2.23. The summed E-state index contributed by atoms with van der Waals surface area (Å²) in [5, 5.41) is 10.7. The van der Waals surface area contributed by atoms with E-state index in [0.29, 0.717) is 13.2 Å². The number of rotatable bonds is 5. The summed E-state index contributed by atoms with van der Waals surface area (Å²) < 4.78 is 5.51. The fourth-order valence-corrected chi connectivity index (χ4v) is 1.41. The summed E-state index contributed by atoms with van der Waals surface area (Å²) in [6.07, 6.45) is 0.948. The Labute approximate surface area is 107 Å². The zero-order chi connectivity index (χ0) is 13.8. The molecule has 0 amide bonds. The number of nitrogens with zero attached hydrogens (tertiary/aromatic N) is 1. The molecule has 100 valence electrons. The van der Waals surface area contributed by atoms with Crippen molar-refractivity contribution in [3.63, 3.8) is 0 Å². The lowest BCUT2D eigenvalue weighted by Gasteiger charge is -2.17. The molecule has 0 unspecified atom stereocenters. The maximum Gasteiger partial charge on any atom is 0.292 e. The van der Waals surface area contributed by atoms with Gasteiger partial charge in [-0.3, -0.25) is 10.1 Å². The molecule has 0 aliphatic heterocycles. The third-order valence-electron chi connectivity index (χ3n) is 2.56. The fourth-order valence-electron chi connectivity index (χ4n) is 1.41. The zero-order valence-electron chi connectivity index (χ0n) is 11.1. The first kappa shape index (κ1) is 14.4. The molecule has 1 rings (SSSR count). The smallest absolute Gasteiger partial charge is 0.292 e. The molecule has 0 heterocycles. The summed E-state index contributed by atoms with van der Waals surface area (Å²) in [6.45, 7) is 7.44. The normalized spacial score (nSPS) is 11.5. The van der Waals surface area contributed by atoms with E-state index in [0.717, 1.165) is 12.0 Å². The van der Waals surface area contributed by atoms with Gasteiger partial charge in [-0.25, -0.2) is 0 Å². The van der Waals surface area contributed by atoms with Gasteiger partial charge in [0.1, 0.15) is 5.69 Å². The molecule has 5 nitrogen and oxygen atoms in total. The summed E-state index contributed by atoms with van der Waals surface area (Å²) in [6, 6.07) is 4.76. The van der Waals surface area contributed by atoms with Crippen molar-refractivity contribution in [2.45, 2.75) is 33.8 Å². The van der Waals surface area contributed by atoms with Gasteiger partial charge in [0.25, 0.3) is 5.69 Å². The Hall–Kier alpha value is -1.62. The molecule has 0 saturated carbocycles. The van der Waals surface area contributed by atoms with Gasteiger partial charge in [-0.05, 0) is 23.5 Å². The van der Waals surface area contributed by atoms with Crippen LogP contribution in [0.1, 0.15) is 32.8 Å². The zero-order valence-corrected chi connectivity index (χ0v) is 11.1. The first-order valence-corrected chi connectivity index (χ1v) is 5.90. The number of nitro groups is 1. The van der Waals surface area contributed by atoms with Gasteiger partial charge in [0.05, 0.1) is 11.5 Å². The lowest BCUT2D eigenvalue weighted by molar-refractivity contribution is -0.384. The van der Waals surface area contributed by atoms with E-state index in [1.54, 1.807) is 12.1 Å². The van der Waals surface area contributed by atoms with Crippen molar-refractivity contribution in [1.29, 1.82) is 0 Å². The maximum atomic E-state index is 10.7. The van der Waals surface area contributed by atoms with E-state index in [2.05, 4.69) is 20.8 Å². The molecule has 0 atom stereocenters. The van der Waals surface area contributed by atoms with Crippen molar-refractivity contribution >= 4 is 11.4 Å². The largest absolute Gasteiger partial charge is 0.393 e. The molecule has 0 bridgehead atoms. The monoisotopic (exact) mass is 252 g/mol. The molecule has 1 aromatic carbocycles. The van der Waals surface area contributed by atoms with Crippen LogP contribution in [0.2, 0.25) is 0 Å². The van der Waals surface area contributed by atoms with E-state index in [4.69, 9.17) is 10.5 Å². The Balaban J connectivity index is 2.53. The SMILES string of the molecule is CC(C)(C)CCOCc1ccc(N)c([N+](=O)[O-])c1. The molecule has 0 spiro atoms. The van der Waals surface area contributed by atoms with Crippen LogP contribution in [0.5, 0.6) is 0 Å². The van der Waals surface area contributed by atoms with Gasteiger partial charge < -0.3 is 10.5 Å². The molecule has 0 radical (unpaired) electrons. The van der Waals surface area contributed by atoms with E-state index in [-0.39, 0.29) is 16.8 Å². The molecular weight excluding hydrogens is 232 g/mol. The predicted octanol–water partition coefficient (Wildman–Crippen LogP) is 3.13. The minimum absolute atomic E-state index is 0.0630. The summed E-state index contributed by atoms with van der Waals surface area (Å²) in [5.74, 6) is 0. The van der Waals surface area contributed by atoms with Crippen LogP contribution < -0.4 is 5.73 Å². The summed E-state index contributed by atoms with van der Waals surface area (Å²) >= 11 is 0. The summed E-state index contributed by atoms with van der Waals surface area (Å²) in [7, 11) is 0. The molecule has 18 heavy (non-hydrogen) atoms. The van der Waals surface area contributed by atoms with Crippen LogP contribution in [-0.2, 0) is 11.3 Å². The second-order valence-electron chi connectivity index (χ2n) is 5.51. The Morgan fingerprint density at radius 2 is 2.06 bits per heavy atom. The second-order valence-corrected chi connectivity index (χ2v) is 5.51. The average molecular weight is 252 g/mol. The number of ether oxygens (including phenoxy) is 1. The molecule has 0 fully saturated rings. The third kappa shape index (κ3) is 4.71. The van der Waals surface area contributed by atoms with Crippen molar-refractivity contribution < 1.29 is 9.66 Å². The van der Waals surface area contributed by atoms with Gasteiger partial charge in [-0.2, -0.15) is 0 Å². The average Bonchev–Trinajstić information content (AvgIpc) is 2.24. The number of hydrogen-bond acceptors (Lipinski definition) is 4. The van der Waals surface area contributed by atoms with Crippen LogP contribution in [0, 0.1) is 15.5 Å². The van der Waals surface area contributed by atoms with Crippen LogP contribution in [0.4, 0.5) is 11.4 Å². The van der Waals surface area contributed by atoms with Gasteiger partial charge in [0.15, 0.2) is 0 Å². The van der Waals surface area contributed by atoms with Gasteiger partial charge in [-0.1, -0.05) is 26.8 Å². The van der Waals surface area contributed by atoms with E-state index in [9.17, 15) is 10.1 Å². The van der Waals surface area contributed by atoms with E-state index in [1.807, 2.05) is 0 Å². The van der Waals surface area contributed by atoms with Crippen molar-refractivity contribution in [1.82, 2.24) is 0 Å². The Kier molecular flexibility index (Phi) is 4.67. The van der Waals surface area contributed by atoms with Crippen LogP contribution in [0.15, 0.2) is 18.2 Å². The predicted molar refractivity (Wildman–Crippen MR) is 71.2 cm³/mol. The first-order valence-electron chi connectivity index (χ1n) is 5.90. The molecule has 2 N–H and O–H groups in total. The highest BCUT2D eigenvalue weighted by molar-refractivity contribution is 5.59. The number of nitrogens with two attached hydrogens (primary N) is 1. The van der Waals surface area contributed by atoms with Crippen molar-refractivity contribution in [2.75, 3.05) is 12.3 Å². The van der Waals surface area contributed by atoms with Gasteiger partial charge in [-0.15, -0.1) is 0 Å². The molecule has 0 aromatic heterocycles. The fraction of sp³-hybridized carbons (Fsp3) is 0.538. The number of anilines is 1. The summed E-state index contributed by atoms with van der Waals surface area (Å²) in [5.41, 5.74) is 6.63. The van der Waals surface area contributed by atoms with E-state index in [1.165, 1.54) is 6.07 Å².